The molecule has 12 rings (SSSR count). The van der Waals surface area contributed by atoms with Crippen LogP contribution in [0.3, 0.4) is 0 Å². The molecule has 1 heteroatoms. The van der Waals surface area contributed by atoms with E-state index in [0.29, 0.717) is 0 Å². The number of hydrogen-bond donors (Lipinski definition) is 0. The topological polar surface area (TPSA) is 12.9 Å². The van der Waals surface area contributed by atoms with Crippen molar-refractivity contribution in [1.82, 2.24) is 4.98 Å². The number of rotatable bonds is 11. The second-order valence-electron chi connectivity index (χ2n) is 21.7. The number of benzene rings is 9. The highest BCUT2D eigenvalue weighted by molar-refractivity contribution is 6.02. The lowest BCUT2D eigenvalue weighted by Gasteiger charge is -2.34. The van der Waals surface area contributed by atoms with Crippen molar-refractivity contribution in [2.75, 3.05) is 0 Å². The largest absolute Gasteiger partial charge is 0.248 e. The minimum Gasteiger partial charge on any atom is -0.248 e. The summed E-state index contributed by atoms with van der Waals surface area (Å²) in [6, 6.07) is 74.3. The van der Waals surface area contributed by atoms with Crippen LogP contribution in [0.25, 0.3) is 88.9 Å². The number of nitrogens with zero attached hydrogens (tertiary/aromatic N) is 1. The Hall–Kier alpha value is -7.61. The first kappa shape index (κ1) is 45.5. The van der Waals surface area contributed by atoms with Crippen LogP contribution in [0.4, 0.5) is 0 Å². The predicted octanol–water partition coefficient (Wildman–Crippen LogP) is 19.4. The van der Waals surface area contributed by atoms with Crippen LogP contribution in [0.1, 0.15) is 103 Å². The van der Waals surface area contributed by atoms with Crippen molar-refractivity contribution in [3.05, 3.63) is 244 Å². The molecule has 0 bridgehead atoms. The summed E-state index contributed by atoms with van der Waals surface area (Å²) >= 11 is 0. The quantitative estimate of drug-likeness (QED) is 0.118. The van der Waals surface area contributed by atoms with Gasteiger partial charge in [0.15, 0.2) is 0 Å². The number of aromatic nitrogens is 1. The Morgan fingerprint density at radius 1 is 0.361 bits per heavy atom. The Labute approximate surface area is 427 Å². The molecule has 10 aromatic rings. The van der Waals surface area contributed by atoms with Crippen molar-refractivity contribution in [2.24, 2.45) is 0 Å². The maximum atomic E-state index is 5.66. The summed E-state index contributed by atoms with van der Waals surface area (Å²) in [5.74, 6) is 0. The number of fused-ring (bicyclic) bond motifs is 7. The second kappa shape index (κ2) is 17.9. The van der Waals surface area contributed by atoms with Gasteiger partial charge in [-0.15, -0.1) is 0 Å². The summed E-state index contributed by atoms with van der Waals surface area (Å²) in [5, 5.41) is 1.19. The zero-order valence-corrected chi connectivity index (χ0v) is 43.0. The first-order valence-corrected chi connectivity index (χ1v) is 26.3. The summed E-state index contributed by atoms with van der Waals surface area (Å²) in [7, 11) is 0. The first-order valence-electron chi connectivity index (χ1n) is 26.3. The molecule has 2 aliphatic rings. The minimum absolute atomic E-state index is 0.127. The Morgan fingerprint density at radius 3 is 1.51 bits per heavy atom. The van der Waals surface area contributed by atoms with Gasteiger partial charge in [0.05, 0.1) is 11.2 Å². The molecule has 0 saturated heterocycles. The lowest BCUT2D eigenvalue weighted by Crippen LogP contribution is -2.27. The molecule has 0 saturated carbocycles. The molecule has 0 N–H and O–H groups in total. The van der Waals surface area contributed by atoms with Gasteiger partial charge in [-0.3, -0.25) is 0 Å². The van der Waals surface area contributed by atoms with Crippen LogP contribution in [-0.2, 0) is 10.8 Å². The van der Waals surface area contributed by atoms with Crippen LogP contribution in [0.15, 0.2) is 194 Å². The van der Waals surface area contributed by atoms with Crippen molar-refractivity contribution in [2.45, 2.75) is 91.4 Å². The zero-order valence-electron chi connectivity index (χ0n) is 43.0. The number of unbranched alkanes of at least 4 members (excludes halogenated alkanes) is 3. The highest BCUT2D eigenvalue weighted by Gasteiger charge is 2.45. The van der Waals surface area contributed by atoms with Gasteiger partial charge in [0.25, 0.3) is 0 Å². The normalized spacial score (nSPS) is 15.0. The fraction of sp³-hybridized carbons (Fsp3) is 0.197. The summed E-state index contributed by atoms with van der Waals surface area (Å²) in [6.45, 7) is 15.9. The van der Waals surface area contributed by atoms with Crippen molar-refractivity contribution < 1.29 is 0 Å². The van der Waals surface area contributed by atoms with E-state index in [1.54, 1.807) is 0 Å². The van der Waals surface area contributed by atoms with Crippen LogP contribution < -0.4 is 0 Å². The molecule has 1 heterocycles. The molecule has 1 unspecified atom stereocenters. The van der Waals surface area contributed by atoms with Gasteiger partial charge in [-0.25, -0.2) is 4.98 Å². The van der Waals surface area contributed by atoms with Crippen molar-refractivity contribution >= 4 is 10.9 Å². The van der Waals surface area contributed by atoms with E-state index in [9.17, 15) is 0 Å². The van der Waals surface area contributed by atoms with Gasteiger partial charge in [-0.05, 0) is 177 Å². The van der Waals surface area contributed by atoms with Crippen LogP contribution in [0.5, 0.6) is 0 Å². The maximum Gasteiger partial charge on any atom is 0.0719 e. The molecule has 9 aromatic carbocycles. The smallest absolute Gasteiger partial charge is 0.0719 e. The van der Waals surface area contributed by atoms with E-state index in [0.717, 1.165) is 29.6 Å². The van der Waals surface area contributed by atoms with E-state index in [-0.39, 0.29) is 10.8 Å². The standard InChI is InChI=1S/C71H63N/c1-8-9-10-19-30-71(57-22-15-12-16-23-57)66-40-50(54-37-55(52-33-45(2)31-46(3)34-52)39-56(38-54)53-35-47(4)32-48(5)36-53)26-28-59(66)60-29-27-51(41-67(60)71)68-43-61(49-20-13-11-14-21-49)63-42-62-58-24-17-18-25-64(58)70(6,7)65(62)44-69(63)72-68/h11-18,20-29,31-44H,8-10,19,30H2,1-7H3. The van der Waals surface area contributed by atoms with Gasteiger partial charge >= 0.3 is 0 Å². The molecular formula is C71H63N. The number of aryl methyl sites for hydroxylation is 4. The number of hydrogen-bond acceptors (Lipinski definition) is 1. The Balaban J connectivity index is 1.06. The van der Waals surface area contributed by atoms with E-state index < -0.39 is 0 Å². The average Bonchev–Trinajstić information content (AvgIpc) is 3.80. The summed E-state index contributed by atoms with van der Waals surface area (Å²) in [6.07, 6.45) is 5.77. The van der Waals surface area contributed by atoms with Crippen molar-refractivity contribution in [1.29, 1.82) is 0 Å². The van der Waals surface area contributed by atoms with Crippen molar-refractivity contribution in [3.8, 4) is 78.0 Å². The van der Waals surface area contributed by atoms with Gasteiger partial charge in [0, 0.05) is 21.8 Å². The zero-order chi connectivity index (χ0) is 49.3. The van der Waals surface area contributed by atoms with Crippen LogP contribution >= 0.6 is 0 Å². The molecule has 1 atom stereocenters. The third kappa shape index (κ3) is 7.73. The Kier molecular flexibility index (Phi) is 11.3. The minimum atomic E-state index is -0.372. The lowest BCUT2D eigenvalue weighted by molar-refractivity contribution is 0.516. The highest BCUT2D eigenvalue weighted by atomic mass is 14.7. The molecule has 0 fully saturated rings. The van der Waals surface area contributed by atoms with Crippen LogP contribution in [0.2, 0.25) is 0 Å². The average molecular weight is 930 g/mol. The first-order chi connectivity index (χ1) is 35.0. The van der Waals surface area contributed by atoms with Gasteiger partial charge in [0.1, 0.15) is 0 Å². The van der Waals surface area contributed by atoms with Crippen LogP contribution in [0, 0.1) is 27.7 Å². The van der Waals surface area contributed by atoms with E-state index in [2.05, 4.69) is 243 Å². The molecule has 1 aromatic heterocycles. The van der Waals surface area contributed by atoms with E-state index in [1.807, 2.05) is 0 Å². The summed E-state index contributed by atoms with van der Waals surface area (Å²) in [5.41, 5.74) is 29.9. The van der Waals surface area contributed by atoms with Gasteiger partial charge in [-0.2, -0.15) is 0 Å². The molecule has 2 aliphatic carbocycles. The highest BCUT2D eigenvalue weighted by Crippen LogP contribution is 2.57. The summed E-state index contributed by atoms with van der Waals surface area (Å²) < 4.78 is 0. The molecular weight excluding hydrogens is 867 g/mol. The van der Waals surface area contributed by atoms with Crippen molar-refractivity contribution in [3.63, 3.8) is 0 Å². The molecule has 0 radical (unpaired) electrons. The SMILES string of the molecule is CCCCCCC1(c2ccccc2)c2cc(-c3cc(-c4cc(C)cc(C)c4)cc(-c4cc(C)cc(C)c4)c3)ccc2-c2ccc(-c3cc(-c4ccccc4)c4cc5c(cc4n3)C(C)(C)c3ccccc3-5)cc21. The Bertz CT molecular complexity index is 3630. The Morgan fingerprint density at radius 2 is 0.889 bits per heavy atom. The van der Waals surface area contributed by atoms with Gasteiger partial charge in [0.2, 0.25) is 0 Å². The monoisotopic (exact) mass is 929 g/mol. The third-order valence-corrected chi connectivity index (χ3v) is 16.2. The molecule has 0 spiro atoms. The molecule has 0 aliphatic heterocycles. The molecule has 72 heavy (non-hydrogen) atoms. The second-order valence-corrected chi connectivity index (χ2v) is 21.7. The fourth-order valence-corrected chi connectivity index (χ4v) is 12.8. The third-order valence-electron chi connectivity index (χ3n) is 16.2. The number of pyridine rings is 1. The van der Waals surface area contributed by atoms with E-state index in [1.165, 1.54) is 141 Å². The summed E-state index contributed by atoms with van der Waals surface area (Å²) in [4.78, 5) is 5.66. The van der Waals surface area contributed by atoms with Gasteiger partial charge in [-0.1, -0.05) is 214 Å². The van der Waals surface area contributed by atoms with Gasteiger partial charge < -0.3 is 0 Å². The fourth-order valence-electron chi connectivity index (χ4n) is 12.8. The molecule has 352 valence electrons. The maximum absolute atomic E-state index is 5.66. The molecule has 0 amide bonds. The van der Waals surface area contributed by atoms with E-state index >= 15 is 0 Å². The predicted molar refractivity (Wildman–Crippen MR) is 306 cm³/mol. The van der Waals surface area contributed by atoms with Crippen LogP contribution in [-0.4, -0.2) is 4.98 Å². The van der Waals surface area contributed by atoms with E-state index in [4.69, 9.17) is 4.98 Å². The molecule has 1 nitrogen and oxygen atoms in total. The lowest BCUT2D eigenvalue weighted by atomic mass is 9.68.